The predicted molar refractivity (Wildman–Crippen MR) is 38.5 cm³/mol. The number of anilines is 1. The lowest BCUT2D eigenvalue weighted by Crippen LogP contribution is -2.18. The Balaban J connectivity index is 2.84. The van der Waals surface area contributed by atoms with Crippen LogP contribution >= 0.6 is 8.61 Å². The number of nitrogens with zero attached hydrogens (tertiary/aromatic N) is 2. The third-order valence-electron chi connectivity index (χ3n) is 0.998. The van der Waals surface area contributed by atoms with Crippen molar-refractivity contribution in [2.45, 2.75) is 0 Å². The minimum absolute atomic E-state index is 0.235. The molecule has 0 aliphatic rings. The molecule has 1 aromatic rings. The average molecular weight is 155 g/mol. The van der Waals surface area contributed by atoms with E-state index < -0.39 is 0 Å². The fraction of sp³-hybridized carbons (Fsp3) is 0. The molecule has 0 atom stereocenters. The molecule has 0 saturated carbocycles. The molecule has 1 aromatic heterocycles. The summed E-state index contributed by atoms with van der Waals surface area (Å²) in [6.45, 7) is 0. The molecule has 0 bridgehead atoms. The summed E-state index contributed by atoms with van der Waals surface area (Å²) in [6, 6.07) is 3.44. The van der Waals surface area contributed by atoms with Crippen molar-refractivity contribution in [3.63, 3.8) is 0 Å². The SMILES string of the molecule is NN(P=O)c1cccnc1. The van der Waals surface area contributed by atoms with Gasteiger partial charge in [-0.2, -0.15) is 0 Å². The Bertz CT molecular complexity index is 215. The Morgan fingerprint density at radius 1 is 1.70 bits per heavy atom. The summed E-state index contributed by atoms with van der Waals surface area (Å²) in [6.07, 6.45) is 3.16. The monoisotopic (exact) mass is 155 g/mol. The Labute approximate surface area is 59.9 Å². The van der Waals surface area contributed by atoms with Gasteiger partial charge in [-0.1, -0.05) is 0 Å². The first kappa shape index (κ1) is 7.12. The molecule has 1 heterocycles. The third-order valence-corrected chi connectivity index (χ3v) is 1.41. The minimum Gasteiger partial charge on any atom is -0.262 e. The van der Waals surface area contributed by atoms with E-state index in [2.05, 4.69) is 4.98 Å². The van der Waals surface area contributed by atoms with Crippen molar-refractivity contribution in [3.8, 4) is 0 Å². The van der Waals surface area contributed by atoms with Crippen molar-refractivity contribution in [2.75, 3.05) is 4.78 Å². The summed E-state index contributed by atoms with van der Waals surface area (Å²) in [4.78, 5) is 3.79. The summed E-state index contributed by atoms with van der Waals surface area (Å²) >= 11 is 0. The van der Waals surface area contributed by atoms with Gasteiger partial charge in [0.15, 0.2) is 0 Å². The normalized spacial score (nSPS) is 9.70. The van der Waals surface area contributed by atoms with Crippen LogP contribution in [0.2, 0.25) is 0 Å². The zero-order chi connectivity index (χ0) is 7.40. The van der Waals surface area contributed by atoms with Gasteiger partial charge in [0.1, 0.15) is 0 Å². The first-order valence-electron chi connectivity index (χ1n) is 2.62. The third kappa shape index (κ3) is 1.50. The maximum Gasteiger partial charge on any atom is 0.297 e. The van der Waals surface area contributed by atoms with E-state index in [1.54, 1.807) is 18.3 Å². The first-order chi connectivity index (χ1) is 4.84. The van der Waals surface area contributed by atoms with E-state index in [1.807, 2.05) is 0 Å². The molecule has 52 valence electrons. The van der Waals surface area contributed by atoms with Crippen LogP contribution in [0.15, 0.2) is 24.5 Å². The maximum atomic E-state index is 10.2. The topological polar surface area (TPSA) is 59.2 Å². The lowest BCUT2D eigenvalue weighted by atomic mass is 10.4. The summed E-state index contributed by atoms with van der Waals surface area (Å²) < 4.78 is 11.2. The van der Waals surface area contributed by atoms with E-state index in [9.17, 15) is 4.57 Å². The zero-order valence-corrected chi connectivity index (χ0v) is 6.03. The molecule has 2 N–H and O–H groups in total. The van der Waals surface area contributed by atoms with Gasteiger partial charge in [-0.05, 0) is 12.1 Å². The van der Waals surface area contributed by atoms with Gasteiger partial charge in [0.25, 0.3) is 8.61 Å². The first-order valence-corrected chi connectivity index (χ1v) is 3.39. The number of hydrogen-bond donors (Lipinski definition) is 1. The van der Waals surface area contributed by atoms with Gasteiger partial charge in [0, 0.05) is 6.20 Å². The second-order valence-corrected chi connectivity index (χ2v) is 2.23. The minimum atomic E-state index is -0.235. The molecule has 1 rings (SSSR count). The maximum absolute atomic E-state index is 10.2. The van der Waals surface area contributed by atoms with E-state index in [-0.39, 0.29) is 8.61 Å². The van der Waals surface area contributed by atoms with Crippen LogP contribution in [0.1, 0.15) is 0 Å². The second-order valence-electron chi connectivity index (χ2n) is 1.64. The van der Waals surface area contributed by atoms with Crippen LogP contribution in [0.4, 0.5) is 5.69 Å². The Morgan fingerprint density at radius 2 is 2.50 bits per heavy atom. The standard InChI is InChI=1S/C5H6N3OP/c6-8(10-9)5-2-1-3-7-4-5/h1-4H,6H2. The molecule has 0 radical (unpaired) electrons. The largest absolute Gasteiger partial charge is 0.297 e. The van der Waals surface area contributed by atoms with Crippen molar-refractivity contribution in [1.82, 2.24) is 4.98 Å². The number of rotatable bonds is 2. The van der Waals surface area contributed by atoms with Crippen molar-refractivity contribution >= 4 is 14.3 Å². The van der Waals surface area contributed by atoms with Gasteiger partial charge in [0.2, 0.25) is 0 Å². The fourth-order valence-corrected chi connectivity index (χ4v) is 0.749. The fourth-order valence-electron chi connectivity index (χ4n) is 0.536. The van der Waals surface area contributed by atoms with Crippen LogP contribution in [0.3, 0.4) is 0 Å². The number of pyridine rings is 1. The Kier molecular flexibility index (Phi) is 2.31. The molecule has 0 amide bonds. The van der Waals surface area contributed by atoms with Crippen molar-refractivity contribution in [1.29, 1.82) is 0 Å². The molecule has 0 spiro atoms. The molecule has 0 aliphatic heterocycles. The van der Waals surface area contributed by atoms with Crippen LogP contribution in [0, 0.1) is 0 Å². The Hall–Kier alpha value is -0.990. The lowest BCUT2D eigenvalue weighted by molar-refractivity contribution is 0.596. The molecule has 5 heteroatoms. The number of hydrazine groups is 1. The summed E-state index contributed by atoms with van der Waals surface area (Å²) in [5, 5.41) is 0. The molecule has 0 aliphatic carbocycles. The summed E-state index contributed by atoms with van der Waals surface area (Å²) in [7, 11) is -0.235. The Morgan fingerprint density at radius 3 is 3.00 bits per heavy atom. The van der Waals surface area contributed by atoms with E-state index in [4.69, 9.17) is 5.84 Å². The van der Waals surface area contributed by atoms with E-state index in [1.165, 1.54) is 6.20 Å². The van der Waals surface area contributed by atoms with Gasteiger partial charge in [-0.3, -0.25) is 4.98 Å². The van der Waals surface area contributed by atoms with E-state index in [0.29, 0.717) is 5.69 Å². The molecule has 0 aromatic carbocycles. The van der Waals surface area contributed by atoms with Crippen molar-refractivity contribution < 1.29 is 4.57 Å². The average Bonchev–Trinajstić information content (AvgIpc) is 2.05. The molecule has 10 heavy (non-hydrogen) atoms. The highest BCUT2D eigenvalue weighted by molar-refractivity contribution is 7.25. The molecule has 0 saturated heterocycles. The number of nitrogens with two attached hydrogens (primary N) is 1. The number of aromatic nitrogens is 1. The zero-order valence-electron chi connectivity index (χ0n) is 5.14. The van der Waals surface area contributed by atoms with Crippen LogP contribution in [0.25, 0.3) is 0 Å². The van der Waals surface area contributed by atoms with Gasteiger partial charge >= 0.3 is 0 Å². The predicted octanol–water partition coefficient (Wildman–Crippen LogP) is 0.968. The van der Waals surface area contributed by atoms with Gasteiger partial charge in [-0.25, -0.2) is 15.2 Å². The molecule has 4 nitrogen and oxygen atoms in total. The highest BCUT2D eigenvalue weighted by Gasteiger charge is 1.96. The lowest BCUT2D eigenvalue weighted by Gasteiger charge is -2.05. The molecular weight excluding hydrogens is 149 g/mol. The quantitative estimate of drug-likeness (QED) is 0.392. The highest BCUT2D eigenvalue weighted by atomic mass is 31.1. The summed E-state index contributed by atoms with van der Waals surface area (Å²) in [5.41, 5.74) is 0.624. The van der Waals surface area contributed by atoms with Crippen LogP contribution in [-0.4, -0.2) is 4.98 Å². The summed E-state index contributed by atoms with van der Waals surface area (Å²) in [5.74, 6) is 5.26. The van der Waals surface area contributed by atoms with Crippen molar-refractivity contribution in [3.05, 3.63) is 24.5 Å². The van der Waals surface area contributed by atoms with E-state index >= 15 is 0 Å². The van der Waals surface area contributed by atoms with E-state index in [0.717, 1.165) is 4.78 Å². The smallest absolute Gasteiger partial charge is 0.262 e. The highest BCUT2D eigenvalue weighted by Crippen LogP contribution is 2.13. The second kappa shape index (κ2) is 3.25. The van der Waals surface area contributed by atoms with Crippen LogP contribution in [0.5, 0.6) is 0 Å². The molecule has 0 fully saturated rings. The number of hydrogen-bond acceptors (Lipinski definition) is 3. The van der Waals surface area contributed by atoms with Gasteiger partial charge in [0.05, 0.1) is 11.9 Å². The molecular formula is C5H6N3OP. The molecule has 0 unspecified atom stereocenters. The van der Waals surface area contributed by atoms with Crippen LogP contribution in [-0.2, 0) is 4.57 Å². The van der Waals surface area contributed by atoms with Crippen molar-refractivity contribution in [2.24, 2.45) is 5.84 Å². The van der Waals surface area contributed by atoms with Gasteiger partial charge < -0.3 is 0 Å². The van der Waals surface area contributed by atoms with Gasteiger partial charge in [-0.15, -0.1) is 0 Å². The van der Waals surface area contributed by atoms with Crippen LogP contribution < -0.4 is 10.6 Å².